The summed E-state index contributed by atoms with van der Waals surface area (Å²) in [5, 5.41) is 31.9. The van der Waals surface area contributed by atoms with Gasteiger partial charge in [-0.1, -0.05) is 53.2 Å². The van der Waals surface area contributed by atoms with Crippen molar-refractivity contribution in [1.29, 1.82) is 0 Å². The topological polar surface area (TPSA) is 77.8 Å². The number of rotatable bonds is 2. The maximum Gasteiger partial charge on any atom is 0.310 e. The van der Waals surface area contributed by atoms with Crippen molar-refractivity contribution in [3.05, 3.63) is 11.6 Å². The van der Waals surface area contributed by atoms with Gasteiger partial charge < -0.3 is 15.3 Å². The van der Waals surface area contributed by atoms with Crippen LogP contribution in [0.4, 0.5) is 0 Å². The largest absolute Gasteiger partial charge is 0.481 e. The fourth-order valence-electron chi connectivity index (χ4n) is 10.9. The van der Waals surface area contributed by atoms with Crippen LogP contribution in [0.5, 0.6) is 0 Å². The third-order valence-corrected chi connectivity index (χ3v) is 13.5. The van der Waals surface area contributed by atoms with Crippen LogP contribution < -0.4 is 0 Å². The van der Waals surface area contributed by atoms with Gasteiger partial charge in [0.25, 0.3) is 0 Å². The van der Waals surface area contributed by atoms with Crippen LogP contribution in [0.1, 0.15) is 99.3 Å². The average molecular weight is 473 g/mol. The van der Waals surface area contributed by atoms with Crippen molar-refractivity contribution in [2.24, 2.45) is 56.7 Å². The second-order valence-electron chi connectivity index (χ2n) is 14.3. The summed E-state index contributed by atoms with van der Waals surface area (Å²) in [5.74, 6) is 1.35. The number of carboxylic acid groups (broad SMARTS) is 1. The molecule has 5 aliphatic carbocycles. The molecule has 11 atom stereocenters. The van der Waals surface area contributed by atoms with E-state index in [1.807, 2.05) is 0 Å². The highest BCUT2D eigenvalue weighted by atomic mass is 16.4. The summed E-state index contributed by atoms with van der Waals surface area (Å²) in [6.07, 6.45) is 10.6. The van der Waals surface area contributed by atoms with Gasteiger partial charge in [0, 0.05) is 5.41 Å². The second kappa shape index (κ2) is 7.57. The van der Waals surface area contributed by atoms with Crippen LogP contribution in [0.15, 0.2) is 11.6 Å². The minimum Gasteiger partial charge on any atom is -0.481 e. The predicted molar refractivity (Wildman–Crippen MR) is 134 cm³/mol. The van der Waals surface area contributed by atoms with Gasteiger partial charge in [0.1, 0.15) is 0 Å². The van der Waals surface area contributed by atoms with E-state index >= 15 is 0 Å². The molecule has 0 aliphatic heterocycles. The first-order valence-corrected chi connectivity index (χ1v) is 14.0. The van der Waals surface area contributed by atoms with Gasteiger partial charge >= 0.3 is 5.97 Å². The lowest BCUT2D eigenvalue weighted by Crippen LogP contribution is -2.66. The first-order chi connectivity index (χ1) is 15.8. The molecule has 0 unspecified atom stereocenters. The van der Waals surface area contributed by atoms with Gasteiger partial charge in [-0.05, 0) is 104 Å². The van der Waals surface area contributed by atoms with Crippen molar-refractivity contribution in [3.63, 3.8) is 0 Å². The molecule has 0 radical (unpaired) electrons. The van der Waals surface area contributed by atoms with E-state index in [0.29, 0.717) is 23.7 Å². The van der Waals surface area contributed by atoms with Crippen LogP contribution >= 0.6 is 0 Å². The van der Waals surface area contributed by atoms with Crippen LogP contribution in [0.2, 0.25) is 0 Å². The highest BCUT2D eigenvalue weighted by Gasteiger charge is 2.69. The van der Waals surface area contributed by atoms with Crippen LogP contribution in [0.25, 0.3) is 0 Å². The minimum absolute atomic E-state index is 0.0184. The number of carboxylic acids is 1. The van der Waals surface area contributed by atoms with E-state index in [9.17, 15) is 20.1 Å². The Morgan fingerprint density at radius 1 is 0.971 bits per heavy atom. The summed E-state index contributed by atoms with van der Waals surface area (Å²) in [6, 6.07) is 0. The summed E-state index contributed by atoms with van der Waals surface area (Å²) in [5.41, 5.74) is 0.670. The van der Waals surface area contributed by atoms with E-state index in [1.165, 1.54) is 5.57 Å². The van der Waals surface area contributed by atoms with Crippen LogP contribution in [0.3, 0.4) is 0 Å². The molecule has 0 saturated heterocycles. The van der Waals surface area contributed by atoms with Gasteiger partial charge in [-0.25, -0.2) is 0 Å². The fourth-order valence-corrected chi connectivity index (χ4v) is 10.9. The number of aliphatic hydroxyl groups excluding tert-OH is 2. The standard InChI is InChI=1S/C30H48O4/c1-18-9-14-30(25(33)34)16-15-28(5)20(24(30)19(18)2)7-8-22-26(3)12-11-23(32)27(4,17-31)21(26)10-13-29(22,28)6/h7,18-19,21-24,31-32H,8-17H2,1-6H3,(H,33,34)/t18-,19+,21-,22-,23-,24+,26+,27-,28-,29-,30+/m1/s1. The molecule has 4 nitrogen and oxygen atoms in total. The first kappa shape index (κ1) is 24.8. The van der Waals surface area contributed by atoms with E-state index in [0.717, 1.165) is 57.8 Å². The molecule has 4 fully saturated rings. The van der Waals surface area contributed by atoms with Gasteiger partial charge in [0.2, 0.25) is 0 Å². The average Bonchev–Trinajstić information content (AvgIpc) is 2.79. The third kappa shape index (κ3) is 2.76. The molecule has 0 spiro atoms. The van der Waals surface area contributed by atoms with Gasteiger partial charge in [-0.3, -0.25) is 4.79 Å². The Morgan fingerprint density at radius 3 is 2.32 bits per heavy atom. The van der Waals surface area contributed by atoms with Crippen LogP contribution in [-0.4, -0.2) is 34.0 Å². The predicted octanol–water partition coefficient (Wildman–Crippen LogP) is 6.06. The van der Waals surface area contributed by atoms with Crippen molar-refractivity contribution in [2.75, 3.05) is 6.61 Å². The first-order valence-electron chi connectivity index (χ1n) is 14.0. The molecule has 192 valence electrons. The fraction of sp³-hybridized carbons (Fsp3) is 0.900. The van der Waals surface area contributed by atoms with E-state index in [-0.39, 0.29) is 28.8 Å². The molecule has 0 aromatic heterocycles. The summed E-state index contributed by atoms with van der Waals surface area (Å²) < 4.78 is 0. The molecule has 4 saturated carbocycles. The molecular formula is C30H48O4. The lowest BCUT2D eigenvalue weighted by Gasteiger charge is -2.71. The Morgan fingerprint density at radius 2 is 1.68 bits per heavy atom. The normalized spacial score (nSPS) is 56.9. The van der Waals surface area contributed by atoms with Gasteiger partial charge in [0.05, 0.1) is 18.1 Å². The Balaban J connectivity index is 1.61. The van der Waals surface area contributed by atoms with Crippen LogP contribution in [0, 0.1) is 56.7 Å². The zero-order valence-electron chi connectivity index (χ0n) is 22.4. The SMILES string of the molecule is C[C@H]1[C@H](C)CC[C@]2(C(=O)O)CC[C@]3(C)C(=CC[C@@H]4[C@@]5(C)CC[C@@H](O)[C@](C)(CO)[C@@H]5CC[C@]43C)[C@H]12. The third-order valence-electron chi connectivity index (χ3n) is 13.5. The van der Waals surface area contributed by atoms with Crippen molar-refractivity contribution >= 4 is 5.97 Å². The summed E-state index contributed by atoms with van der Waals surface area (Å²) >= 11 is 0. The molecule has 34 heavy (non-hydrogen) atoms. The number of carbonyl (C=O) groups is 1. The zero-order valence-corrected chi connectivity index (χ0v) is 22.4. The molecule has 3 N–H and O–H groups in total. The number of fused-ring (bicyclic) bond motifs is 7. The molecular weight excluding hydrogens is 424 g/mol. The summed E-state index contributed by atoms with van der Waals surface area (Å²) in [4.78, 5) is 12.8. The number of allylic oxidation sites excluding steroid dienone is 2. The molecule has 0 amide bonds. The Bertz CT molecular complexity index is 896. The molecule has 4 heteroatoms. The van der Waals surface area contributed by atoms with Gasteiger partial charge in [0.15, 0.2) is 0 Å². The minimum atomic E-state index is -0.591. The Hall–Kier alpha value is -0.870. The zero-order chi connectivity index (χ0) is 24.9. The smallest absolute Gasteiger partial charge is 0.310 e. The van der Waals surface area contributed by atoms with Crippen molar-refractivity contribution in [3.8, 4) is 0 Å². The van der Waals surface area contributed by atoms with E-state index in [4.69, 9.17) is 0 Å². The summed E-state index contributed by atoms with van der Waals surface area (Å²) in [7, 11) is 0. The van der Waals surface area contributed by atoms with Gasteiger partial charge in [-0.15, -0.1) is 0 Å². The number of aliphatic carboxylic acids is 1. The van der Waals surface area contributed by atoms with E-state index < -0.39 is 22.9 Å². The lowest BCUT2D eigenvalue weighted by molar-refractivity contribution is -0.217. The van der Waals surface area contributed by atoms with E-state index in [2.05, 4.69) is 47.6 Å². The molecule has 0 bridgehead atoms. The number of hydrogen-bond acceptors (Lipinski definition) is 3. The maximum absolute atomic E-state index is 12.8. The number of aliphatic hydroxyl groups is 2. The Labute approximate surface area is 206 Å². The van der Waals surface area contributed by atoms with Crippen molar-refractivity contribution in [2.45, 2.75) is 105 Å². The molecule has 5 aliphatic rings. The van der Waals surface area contributed by atoms with Crippen molar-refractivity contribution < 1.29 is 20.1 Å². The van der Waals surface area contributed by atoms with Gasteiger partial charge in [-0.2, -0.15) is 0 Å². The molecule has 0 aromatic rings. The van der Waals surface area contributed by atoms with Crippen molar-refractivity contribution in [1.82, 2.24) is 0 Å². The maximum atomic E-state index is 12.8. The van der Waals surface area contributed by atoms with E-state index in [1.54, 1.807) is 0 Å². The highest BCUT2D eigenvalue weighted by molar-refractivity contribution is 5.76. The Kier molecular flexibility index (Phi) is 5.52. The second-order valence-corrected chi connectivity index (χ2v) is 14.3. The molecule has 5 rings (SSSR count). The highest BCUT2D eigenvalue weighted by Crippen LogP contribution is 2.75. The molecule has 0 aromatic carbocycles. The quantitative estimate of drug-likeness (QED) is 0.427. The lowest BCUT2D eigenvalue weighted by atomic mass is 9.33. The monoisotopic (exact) mass is 472 g/mol. The summed E-state index contributed by atoms with van der Waals surface area (Å²) in [6.45, 7) is 14.3. The van der Waals surface area contributed by atoms with Crippen LogP contribution in [-0.2, 0) is 4.79 Å². The molecule has 0 heterocycles. The number of hydrogen-bond donors (Lipinski definition) is 3.